The predicted molar refractivity (Wildman–Crippen MR) is 47.5 cm³/mol. The summed E-state index contributed by atoms with van der Waals surface area (Å²) in [5, 5.41) is 8.80. The Hall–Kier alpha value is -0.550. The van der Waals surface area contributed by atoms with Crippen LogP contribution < -0.4 is 0 Å². The van der Waals surface area contributed by atoms with Gasteiger partial charge in [-0.25, -0.2) is 0 Å². The summed E-state index contributed by atoms with van der Waals surface area (Å²) in [5.41, 5.74) is 0. The van der Waals surface area contributed by atoms with Crippen molar-refractivity contribution in [1.82, 2.24) is 4.90 Å². The standard InChI is InChI=1S/C10H16N2/c11-7-9-4-5-10-3-1-2-6-12(10)8-9/h9-10H,1-6,8H2/t9-,10-/m1/s1. The maximum absolute atomic E-state index is 8.80. The molecule has 2 nitrogen and oxygen atoms in total. The number of hydrogen-bond acceptors (Lipinski definition) is 2. The van der Waals surface area contributed by atoms with Crippen molar-refractivity contribution >= 4 is 0 Å². The quantitative estimate of drug-likeness (QED) is 0.545. The maximum Gasteiger partial charge on any atom is 0.0669 e. The molecule has 0 amide bonds. The molecule has 66 valence electrons. The third-order valence-corrected chi connectivity index (χ3v) is 3.23. The number of nitriles is 1. The molecule has 2 rings (SSSR count). The van der Waals surface area contributed by atoms with Crippen LogP contribution >= 0.6 is 0 Å². The Bertz CT molecular complexity index is 195. The summed E-state index contributed by atoms with van der Waals surface area (Å²) < 4.78 is 0. The molecular weight excluding hydrogens is 148 g/mol. The Morgan fingerprint density at radius 2 is 2.08 bits per heavy atom. The molecule has 2 atom stereocenters. The molecule has 2 heterocycles. The van der Waals surface area contributed by atoms with E-state index < -0.39 is 0 Å². The van der Waals surface area contributed by atoms with Crippen LogP contribution in [0.2, 0.25) is 0 Å². The van der Waals surface area contributed by atoms with Gasteiger partial charge in [0.15, 0.2) is 0 Å². The van der Waals surface area contributed by atoms with E-state index in [2.05, 4.69) is 11.0 Å². The number of hydrogen-bond donors (Lipinski definition) is 0. The zero-order valence-electron chi connectivity index (χ0n) is 7.50. The average Bonchev–Trinajstić information content (AvgIpc) is 2.17. The lowest BCUT2D eigenvalue weighted by Crippen LogP contribution is -2.45. The van der Waals surface area contributed by atoms with E-state index in [-0.39, 0.29) is 0 Å². The van der Waals surface area contributed by atoms with Crippen molar-refractivity contribution in [3.8, 4) is 6.07 Å². The van der Waals surface area contributed by atoms with Gasteiger partial charge in [0.2, 0.25) is 0 Å². The van der Waals surface area contributed by atoms with Gasteiger partial charge < -0.3 is 0 Å². The Kier molecular flexibility index (Phi) is 2.32. The van der Waals surface area contributed by atoms with E-state index in [4.69, 9.17) is 5.26 Å². The smallest absolute Gasteiger partial charge is 0.0669 e. The van der Waals surface area contributed by atoms with Crippen molar-refractivity contribution in [2.45, 2.75) is 38.1 Å². The third-order valence-electron chi connectivity index (χ3n) is 3.23. The molecule has 0 spiro atoms. The zero-order chi connectivity index (χ0) is 8.39. The number of piperidine rings is 2. The van der Waals surface area contributed by atoms with Gasteiger partial charge in [-0.15, -0.1) is 0 Å². The van der Waals surface area contributed by atoms with E-state index in [1.165, 1.54) is 32.2 Å². The van der Waals surface area contributed by atoms with Crippen molar-refractivity contribution < 1.29 is 0 Å². The van der Waals surface area contributed by atoms with Gasteiger partial charge in [-0.1, -0.05) is 6.42 Å². The van der Waals surface area contributed by atoms with Gasteiger partial charge in [0.25, 0.3) is 0 Å². The van der Waals surface area contributed by atoms with E-state index in [9.17, 15) is 0 Å². The second-order valence-electron chi connectivity index (χ2n) is 4.05. The molecule has 2 heteroatoms. The SMILES string of the molecule is N#C[C@H]1CC[C@H]2CCCCN2C1. The Morgan fingerprint density at radius 1 is 1.17 bits per heavy atom. The molecule has 0 aromatic heterocycles. The second-order valence-corrected chi connectivity index (χ2v) is 4.05. The molecule has 0 aromatic rings. The fourth-order valence-corrected chi connectivity index (χ4v) is 2.50. The highest BCUT2D eigenvalue weighted by Crippen LogP contribution is 2.28. The minimum atomic E-state index is 0.319. The predicted octanol–water partition coefficient (Wildman–Crippen LogP) is 1.77. The van der Waals surface area contributed by atoms with Crippen LogP contribution in [-0.2, 0) is 0 Å². The minimum absolute atomic E-state index is 0.319. The van der Waals surface area contributed by atoms with Gasteiger partial charge in [-0.2, -0.15) is 5.26 Å². The Labute approximate surface area is 74.2 Å². The van der Waals surface area contributed by atoms with E-state index in [0.717, 1.165) is 19.0 Å². The molecule has 0 aliphatic carbocycles. The minimum Gasteiger partial charge on any atom is -0.299 e. The van der Waals surface area contributed by atoms with Crippen LogP contribution in [0.4, 0.5) is 0 Å². The summed E-state index contributed by atoms with van der Waals surface area (Å²) in [6, 6.07) is 3.22. The highest BCUT2D eigenvalue weighted by molar-refractivity contribution is 4.93. The van der Waals surface area contributed by atoms with E-state index in [1.54, 1.807) is 0 Å². The summed E-state index contributed by atoms with van der Waals surface area (Å²) in [5.74, 6) is 0.319. The van der Waals surface area contributed by atoms with Crippen LogP contribution in [0.5, 0.6) is 0 Å². The second kappa shape index (κ2) is 3.45. The highest BCUT2D eigenvalue weighted by atomic mass is 15.2. The van der Waals surface area contributed by atoms with Crippen molar-refractivity contribution in [3.05, 3.63) is 0 Å². The van der Waals surface area contributed by atoms with Crippen LogP contribution in [0.25, 0.3) is 0 Å². The molecule has 2 aliphatic rings. The van der Waals surface area contributed by atoms with Gasteiger partial charge in [0, 0.05) is 12.6 Å². The van der Waals surface area contributed by atoms with Crippen molar-refractivity contribution in [1.29, 1.82) is 5.26 Å². The van der Waals surface area contributed by atoms with Gasteiger partial charge in [-0.05, 0) is 32.2 Å². The molecule has 0 unspecified atom stereocenters. The number of fused-ring (bicyclic) bond motifs is 1. The topological polar surface area (TPSA) is 27.0 Å². The summed E-state index contributed by atoms with van der Waals surface area (Å²) in [6.45, 7) is 2.28. The molecule has 0 saturated carbocycles. The van der Waals surface area contributed by atoms with E-state index >= 15 is 0 Å². The molecule has 2 saturated heterocycles. The number of nitrogens with zero attached hydrogens (tertiary/aromatic N) is 2. The van der Waals surface area contributed by atoms with Gasteiger partial charge >= 0.3 is 0 Å². The Balaban J connectivity index is 1.95. The Morgan fingerprint density at radius 3 is 2.92 bits per heavy atom. The van der Waals surface area contributed by atoms with Crippen molar-refractivity contribution in [2.24, 2.45) is 5.92 Å². The van der Waals surface area contributed by atoms with Crippen LogP contribution in [-0.4, -0.2) is 24.0 Å². The van der Waals surface area contributed by atoms with Crippen LogP contribution in [0.1, 0.15) is 32.1 Å². The highest BCUT2D eigenvalue weighted by Gasteiger charge is 2.29. The molecule has 12 heavy (non-hydrogen) atoms. The first-order valence-corrected chi connectivity index (χ1v) is 5.04. The molecular formula is C10H16N2. The van der Waals surface area contributed by atoms with Crippen molar-refractivity contribution in [2.75, 3.05) is 13.1 Å². The lowest BCUT2D eigenvalue weighted by atomic mass is 9.88. The maximum atomic E-state index is 8.80. The first-order valence-electron chi connectivity index (χ1n) is 5.04. The monoisotopic (exact) mass is 164 g/mol. The van der Waals surface area contributed by atoms with Crippen LogP contribution in [0.15, 0.2) is 0 Å². The normalized spacial score (nSPS) is 36.9. The number of rotatable bonds is 0. The van der Waals surface area contributed by atoms with E-state index in [1.807, 2.05) is 0 Å². The summed E-state index contributed by atoms with van der Waals surface area (Å²) in [4.78, 5) is 2.53. The fourth-order valence-electron chi connectivity index (χ4n) is 2.50. The molecule has 0 aromatic carbocycles. The molecule has 0 radical (unpaired) electrons. The summed E-state index contributed by atoms with van der Waals surface area (Å²) >= 11 is 0. The zero-order valence-corrected chi connectivity index (χ0v) is 7.50. The molecule has 2 fully saturated rings. The van der Waals surface area contributed by atoms with Gasteiger partial charge in [0.05, 0.1) is 12.0 Å². The van der Waals surface area contributed by atoms with Gasteiger partial charge in [-0.3, -0.25) is 4.90 Å². The largest absolute Gasteiger partial charge is 0.299 e. The summed E-state index contributed by atoms with van der Waals surface area (Å²) in [7, 11) is 0. The summed E-state index contributed by atoms with van der Waals surface area (Å²) in [6.07, 6.45) is 6.51. The molecule has 2 aliphatic heterocycles. The molecule has 0 N–H and O–H groups in total. The lowest BCUT2D eigenvalue weighted by Gasteiger charge is -2.40. The van der Waals surface area contributed by atoms with Crippen molar-refractivity contribution in [3.63, 3.8) is 0 Å². The van der Waals surface area contributed by atoms with E-state index in [0.29, 0.717) is 5.92 Å². The first kappa shape index (κ1) is 8.07. The van der Waals surface area contributed by atoms with Crippen LogP contribution in [0, 0.1) is 17.2 Å². The third kappa shape index (κ3) is 1.47. The fraction of sp³-hybridized carbons (Fsp3) is 0.900. The molecule has 0 bridgehead atoms. The lowest BCUT2D eigenvalue weighted by molar-refractivity contribution is 0.0904. The van der Waals surface area contributed by atoms with Crippen LogP contribution in [0.3, 0.4) is 0 Å². The first-order chi connectivity index (χ1) is 5.90. The van der Waals surface area contributed by atoms with Gasteiger partial charge in [0.1, 0.15) is 0 Å². The average molecular weight is 164 g/mol.